The minimum absolute atomic E-state index is 0.891. The fourth-order valence-electron chi connectivity index (χ4n) is 0.938. The molecule has 0 amide bonds. The van der Waals surface area contributed by atoms with Gasteiger partial charge in [-0.05, 0) is 19.3 Å². The van der Waals surface area contributed by atoms with Crippen molar-refractivity contribution < 1.29 is 4.74 Å². The normalized spacial score (nSPS) is 9.17. The van der Waals surface area contributed by atoms with Gasteiger partial charge in [-0.25, -0.2) is 0 Å². The third-order valence-corrected chi connectivity index (χ3v) is 1.65. The van der Waals surface area contributed by atoms with Crippen LogP contribution >= 0.6 is 0 Å². The van der Waals surface area contributed by atoms with Crippen molar-refractivity contribution in [1.29, 1.82) is 0 Å². The van der Waals surface area contributed by atoms with Gasteiger partial charge in [-0.3, -0.25) is 0 Å². The molecule has 0 unspecified atom stereocenters. The highest BCUT2D eigenvalue weighted by atomic mass is 16.5. The van der Waals surface area contributed by atoms with Gasteiger partial charge in [0.2, 0.25) is 0 Å². The van der Waals surface area contributed by atoms with E-state index in [1.807, 2.05) is 0 Å². The third-order valence-electron chi connectivity index (χ3n) is 1.65. The predicted molar refractivity (Wildman–Crippen MR) is 53.0 cm³/mol. The highest BCUT2D eigenvalue weighted by Crippen LogP contribution is 1.98. The molecule has 0 N–H and O–H groups in total. The van der Waals surface area contributed by atoms with Crippen LogP contribution in [0.4, 0.5) is 0 Å². The molecule has 0 rings (SSSR count). The molecule has 0 aliphatic rings. The molecular formula is C11H20O. The lowest BCUT2D eigenvalue weighted by molar-refractivity contribution is 0.192. The van der Waals surface area contributed by atoms with Crippen molar-refractivity contribution in [1.82, 2.24) is 0 Å². The Morgan fingerprint density at radius 1 is 1.00 bits per heavy atom. The van der Waals surface area contributed by atoms with E-state index in [2.05, 4.69) is 18.8 Å². The number of methoxy groups -OCH3 is 1. The summed E-state index contributed by atoms with van der Waals surface area (Å²) >= 11 is 0. The van der Waals surface area contributed by atoms with E-state index in [4.69, 9.17) is 4.74 Å². The first kappa shape index (κ1) is 11.5. The lowest BCUT2D eigenvalue weighted by atomic mass is 10.2. The number of hydrogen-bond acceptors (Lipinski definition) is 1. The first-order valence-corrected chi connectivity index (χ1v) is 4.86. The molecule has 0 aromatic heterocycles. The molecule has 70 valence electrons. The molecule has 0 fully saturated rings. The second-order valence-corrected chi connectivity index (χ2v) is 2.91. The molecule has 1 heteroatoms. The van der Waals surface area contributed by atoms with Crippen molar-refractivity contribution >= 4 is 0 Å². The Morgan fingerprint density at radius 2 is 1.75 bits per heavy atom. The van der Waals surface area contributed by atoms with Gasteiger partial charge in [-0.1, -0.05) is 13.3 Å². The fraction of sp³-hybridized carbons (Fsp3) is 0.818. The van der Waals surface area contributed by atoms with Crippen molar-refractivity contribution in [2.75, 3.05) is 13.7 Å². The topological polar surface area (TPSA) is 9.23 Å². The van der Waals surface area contributed by atoms with Gasteiger partial charge < -0.3 is 4.74 Å². The molecule has 0 atom stereocenters. The molecule has 1 nitrogen and oxygen atoms in total. The van der Waals surface area contributed by atoms with Gasteiger partial charge in [-0.15, -0.1) is 11.8 Å². The molecular weight excluding hydrogens is 148 g/mol. The first-order chi connectivity index (χ1) is 5.91. The van der Waals surface area contributed by atoms with E-state index in [0.29, 0.717) is 0 Å². The van der Waals surface area contributed by atoms with Gasteiger partial charge in [0, 0.05) is 26.6 Å². The van der Waals surface area contributed by atoms with Crippen LogP contribution in [0.15, 0.2) is 0 Å². The summed E-state index contributed by atoms with van der Waals surface area (Å²) in [7, 11) is 1.75. The van der Waals surface area contributed by atoms with Crippen LogP contribution in [0, 0.1) is 11.8 Å². The smallest absolute Gasteiger partial charge is 0.0462 e. The van der Waals surface area contributed by atoms with E-state index in [-0.39, 0.29) is 0 Å². The lowest BCUT2D eigenvalue weighted by Gasteiger charge is -1.95. The molecule has 0 heterocycles. The van der Waals surface area contributed by atoms with Crippen molar-refractivity contribution in [3.8, 4) is 11.8 Å². The SMILES string of the molecule is CCCC#CCCCCCOC. The molecule has 0 bridgehead atoms. The average molecular weight is 168 g/mol. The van der Waals surface area contributed by atoms with Crippen LogP contribution in [0.5, 0.6) is 0 Å². The summed E-state index contributed by atoms with van der Waals surface area (Å²) in [4.78, 5) is 0. The molecule has 0 aliphatic carbocycles. The molecule has 0 aromatic rings. The first-order valence-electron chi connectivity index (χ1n) is 4.86. The number of unbranched alkanes of at least 4 members (excludes halogenated alkanes) is 4. The monoisotopic (exact) mass is 168 g/mol. The Kier molecular flexibility index (Phi) is 10.1. The summed E-state index contributed by atoms with van der Waals surface area (Å²) in [6, 6.07) is 0. The summed E-state index contributed by atoms with van der Waals surface area (Å²) in [5, 5.41) is 0. The van der Waals surface area contributed by atoms with Crippen molar-refractivity contribution in [3.05, 3.63) is 0 Å². The Labute approximate surface area is 76.5 Å². The molecule has 0 saturated carbocycles. The van der Waals surface area contributed by atoms with Gasteiger partial charge >= 0.3 is 0 Å². The zero-order valence-electron chi connectivity index (χ0n) is 8.36. The van der Waals surface area contributed by atoms with Crippen LogP contribution < -0.4 is 0 Å². The molecule has 0 aromatic carbocycles. The summed E-state index contributed by atoms with van der Waals surface area (Å²) in [5.74, 6) is 6.32. The highest BCUT2D eigenvalue weighted by Gasteiger charge is 1.85. The van der Waals surface area contributed by atoms with E-state index < -0.39 is 0 Å². The maximum absolute atomic E-state index is 4.95. The molecule has 0 radical (unpaired) electrons. The van der Waals surface area contributed by atoms with Gasteiger partial charge in [-0.2, -0.15) is 0 Å². The Balaban J connectivity index is 2.96. The van der Waals surface area contributed by atoms with Crippen molar-refractivity contribution in [2.24, 2.45) is 0 Å². The number of ether oxygens (including phenoxy) is 1. The molecule has 12 heavy (non-hydrogen) atoms. The zero-order valence-corrected chi connectivity index (χ0v) is 8.36. The molecule has 0 spiro atoms. The predicted octanol–water partition coefficient (Wildman–Crippen LogP) is 3.00. The fourth-order valence-corrected chi connectivity index (χ4v) is 0.938. The maximum Gasteiger partial charge on any atom is 0.0462 e. The van der Waals surface area contributed by atoms with E-state index in [9.17, 15) is 0 Å². The Bertz CT molecular complexity index is 130. The highest BCUT2D eigenvalue weighted by molar-refractivity contribution is 4.98. The summed E-state index contributed by atoms with van der Waals surface area (Å²) in [6.45, 7) is 3.05. The minimum Gasteiger partial charge on any atom is -0.385 e. The van der Waals surface area contributed by atoms with Crippen LogP contribution in [-0.2, 0) is 4.74 Å². The number of hydrogen-bond donors (Lipinski definition) is 0. The summed E-state index contributed by atoms with van der Waals surface area (Å²) in [6.07, 6.45) is 6.93. The van der Waals surface area contributed by atoms with Gasteiger partial charge in [0.1, 0.15) is 0 Å². The summed E-state index contributed by atoms with van der Waals surface area (Å²) in [5.41, 5.74) is 0. The van der Waals surface area contributed by atoms with E-state index in [1.165, 1.54) is 25.7 Å². The molecule has 0 aliphatic heterocycles. The van der Waals surface area contributed by atoms with Gasteiger partial charge in [0.15, 0.2) is 0 Å². The van der Waals surface area contributed by atoms with Crippen LogP contribution in [0.1, 0.15) is 45.4 Å². The maximum atomic E-state index is 4.95. The zero-order chi connectivity index (χ0) is 9.07. The standard InChI is InChI=1S/C11H20O/c1-3-4-5-6-7-8-9-10-11-12-2/h3-4,7-11H2,1-2H3. The largest absolute Gasteiger partial charge is 0.385 e. The second kappa shape index (κ2) is 10.5. The van der Waals surface area contributed by atoms with E-state index in [0.717, 1.165) is 19.4 Å². The lowest BCUT2D eigenvalue weighted by Crippen LogP contribution is -1.87. The molecule has 0 saturated heterocycles. The third kappa shape index (κ3) is 9.52. The Hall–Kier alpha value is -0.480. The van der Waals surface area contributed by atoms with Gasteiger partial charge in [0.25, 0.3) is 0 Å². The van der Waals surface area contributed by atoms with Crippen molar-refractivity contribution in [2.45, 2.75) is 45.4 Å². The van der Waals surface area contributed by atoms with Crippen LogP contribution in [0.25, 0.3) is 0 Å². The van der Waals surface area contributed by atoms with Crippen LogP contribution in [0.3, 0.4) is 0 Å². The quantitative estimate of drug-likeness (QED) is 0.437. The van der Waals surface area contributed by atoms with E-state index in [1.54, 1.807) is 7.11 Å². The second-order valence-electron chi connectivity index (χ2n) is 2.91. The van der Waals surface area contributed by atoms with E-state index >= 15 is 0 Å². The number of rotatable bonds is 6. The van der Waals surface area contributed by atoms with Crippen LogP contribution in [0.2, 0.25) is 0 Å². The summed E-state index contributed by atoms with van der Waals surface area (Å²) < 4.78 is 4.95. The minimum atomic E-state index is 0.891. The average Bonchev–Trinajstić information content (AvgIpc) is 2.10. The Morgan fingerprint density at radius 3 is 2.42 bits per heavy atom. The van der Waals surface area contributed by atoms with Crippen molar-refractivity contribution in [3.63, 3.8) is 0 Å². The van der Waals surface area contributed by atoms with Crippen LogP contribution in [-0.4, -0.2) is 13.7 Å². The van der Waals surface area contributed by atoms with Gasteiger partial charge in [0.05, 0.1) is 0 Å².